The third-order valence-corrected chi connectivity index (χ3v) is 7.18. The van der Waals surface area contributed by atoms with Crippen LogP contribution in [0, 0.1) is 0 Å². The molecule has 176 valence electrons. The van der Waals surface area contributed by atoms with Gasteiger partial charge in [-0.25, -0.2) is 13.2 Å². The van der Waals surface area contributed by atoms with E-state index < -0.39 is 28.0 Å². The minimum atomic E-state index is -4.03. The number of methoxy groups -OCH3 is 1. The van der Waals surface area contributed by atoms with Crippen LogP contribution in [0.4, 0.5) is 11.4 Å². The third kappa shape index (κ3) is 4.96. The Morgan fingerprint density at radius 3 is 2.56 bits per heavy atom. The van der Waals surface area contributed by atoms with Crippen LogP contribution in [0.25, 0.3) is 0 Å². The number of amides is 1. The van der Waals surface area contributed by atoms with Gasteiger partial charge in [0, 0.05) is 11.3 Å². The van der Waals surface area contributed by atoms with Gasteiger partial charge in [0.25, 0.3) is 10.0 Å². The lowest BCUT2D eigenvalue weighted by Gasteiger charge is -2.15. The summed E-state index contributed by atoms with van der Waals surface area (Å²) in [5.41, 5.74) is 1.50. The lowest BCUT2D eigenvalue weighted by atomic mass is 10.0. The highest BCUT2D eigenvalue weighted by molar-refractivity contribution is 7.92. The normalized spacial score (nSPS) is 14.8. The highest BCUT2D eigenvalue weighted by Crippen LogP contribution is 2.34. The topological polar surface area (TPSA) is 111 Å². The Hall–Kier alpha value is -3.27. The monoisotopic (exact) mass is 520 g/mol. The number of rotatable bonds is 7. The molecule has 34 heavy (non-hydrogen) atoms. The van der Waals surface area contributed by atoms with E-state index in [0.717, 1.165) is 0 Å². The van der Waals surface area contributed by atoms with Gasteiger partial charge >= 0.3 is 5.97 Å². The first kappa shape index (κ1) is 23.9. The van der Waals surface area contributed by atoms with Crippen molar-refractivity contribution in [2.75, 3.05) is 17.1 Å². The average molecular weight is 521 g/mol. The van der Waals surface area contributed by atoms with Crippen LogP contribution < -0.4 is 14.8 Å². The van der Waals surface area contributed by atoms with Gasteiger partial charge in [-0.1, -0.05) is 41.4 Å². The molecule has 1 aliphatic heterocycles. The molecule has 0 spiro atoms. The van der Waals surface area contributed by atoms with Crippen molar-refractivity contribution in [3.05, 3.63) is 81.8 Å². The fourth-order valence-corrected chi connectivity index (χ4v) is 4.91. The van der Waals surface area contributed by atoms with Crippen LogP contribution in [0.5, 0.6) is 5.75 Å². The smallest absolute Gasteiger partial charge is 0.339 e. The molecule has 4 rings (SSSR count). The Morgan fingerprint density at radius 2 is 1.82 bits per heavy atom. The maximum atomic E-state index is 12.8. The van der Waals surface area contributed by atoms with Gasteiger partial charge in [0.15, 0.2) is 0 Å². The lowest BCUT2D eigenvalue weighted by Crippen LogP contribution is -2.17. The van der Waals surface area contributed by atoms with E-state index in [0.29, 0.717) is 16.8 Å². The second-order valence-electron chi connectivity index (χ2n) is 7.33. The number of nitrogens with one attached hydrogen (secondary N) is 2. The predicted molar refractivity (Wildman–Crippen MR) is 128 cm³/mol. The van der Waals surface area contributed by atoms with Crippen molar-refractivity contribution < 1.29 is 27.5 Å². The number of cyclic esters (lactones) is 1. The van der Waals surface area contributed by atoms with E-state index in [-0.39, 0.29) is 32.8 Å². The van der Waals surface area contributed by atoms with Gasteiger partial charge in [-0.2, -0.15) is 0 Å². The molecule has 0 radical (unpaired) electrons. The summed E-state index contributed by atoms with van der Waals surface area (Å²) in [6.45, 7) is 0. The summed E-state index contributed by atoms with van der Waals surface area (Å²) in [6.07, 6.45) is -0.798. The van der Waals surface area contributed by atoms with E-state index in [1.165, 1.54) is 37.4 Å². The third-order valence-electron chi connectivity index (χ3n) is 5.08. The van der Waals surface area contributed by atoms with Crippen molar-refractivity contribution in [3.8, 4) is 5.75 Å². The van der Waals surface area contributed by atoms with E-state index in [9.17, 15) is 18.0 Å². The van der Waals surface area contributed by atoms with Crippen molar-refractivity contribution in [3.63, 3.8) is 0 Å². The standard InChI is InChI=1S/C23H18Cl2N2O6S/c1-32-20-9-6-13(10-19(20)27-34(30,31)14-7-8-17(24)18(25)11-14)26-22(28)12-21-15-4-2-3-5-16(15)23(29)33-21/h2-11,21,27H,12H2,1H3,(H,26,28)/t21-/m0/s1. The Kier molecular flexibility index (Phi) is 6.70. The molecule has 0 saturated heterocycles. The molecule has 1 atom stereocenters. The number of hydrogen-bond donors (Lipinski definition) is 2. The van der Waals surface area contributed by atoms with Crippen LogP contribution in [-0.2, 0) is 19.6 Å². The number of carbonyl (C=O) groups is 2. The number of halogens is 2. The highest BCUT2D eigenvalue weighted by Gasteiger charge is 2.32. The van der Waals surface area contributed by atoms with Crippen LogP contribution in [-0.4, -0.2) is 27.4 Å². The van der Waals surface area contributed by atoms with E-state index >= 15 is 0 Å². The Balaban J connectivity index is 1.52. The molecule has 1 amide bonds. The average Bonchev–Trinajstić information content (AvgIpc) is 3.11. The Labute approximate surface area is 205 Å². The van der Waals surface area contributed by atoms with E-state index in [4.69, 9.17) is 32.7 Å². The molecule has 1 aliphatic rings. The largest absolute Gasteiger partial charge is 0.495 e. The van der Waals surface area contributed by atoms with Crippen LogP contribution in [0.3, 0.4) is 0 Å². The Morgan fingerprint density at radius 1 is 1.06 bits per heavy atom. The molecule has 8 nitrogen and oxygen atoms in total. The molecule has 0 fully saturated rings. The van der Waals surface area contributed by atoms with Gasteiger partial charge in [0.05, 0.1) is 39.7 Å². The fraction of sp³-hybridized carbons (Fsp3) is 0.130. The van der Waals surface area contributed by atoms with Crippen LogP contribution in [0.1, 0.15) is 28.4 Å². The van der Waals surface area contributed by atoms with Crippen LogP contribution in [0.15, 0.2) is 65.6 Å². The fourth-order valence-electron chi connectivity index (χ4n) is 3.47. The minimum absolute atomic E-state index is 0.0895. The van der Waals surface area contributed by atoms with Gasteiger partial charge in [-0.3, -0.25) is 9.52 Å². The van der Waals surface area contributed by atoms with Gasteiger partial charge < -0.3 is 14.8 Å². The van der Waals surface area contributed by atoms with Crippen molar-refractivity contribution in [1.82, 2.24) is 0 Å². The second kappa shape index (κ2) is 9.54. The molecule has 3 aromatic rings. The molecule has 0 aromatic heterocycles. The zero-order chi connectivity index (χ0) is 24.5. The van der Waals surface area contributed by atoms with E-state index in [2.05, 4.69) is 10.0 Å². The number of fused-ring (bicyclic) bond motifs is 1. The van der Waals surface area contributed by atoms with Crippen molar-refractivity contribution in [2.24, 2.45) is 0 Å². The number of ether oxygens (including phenoxy) is 2. The van der Waals surface area contributed by atoms with Crippen LogP contribution in [0.2, 0.25) is 10.0 Å². The second-order valence-corrected chi connectivity index (χ2v) is 9.83. The van der Waals surface area contributed by atoms with Gasteiger partial charge in [0.2, 0.25) is 5.91 Å². The molecular weight excluding hydrogens is 503 g/mol. The SMILES string of the molecule is COc1ccc(NC(=O)C[C@@H]2OC(=O)c3ccccc32)cc1NS(=O)(=O)c1ccc(Cl)c(Cl)c1. The number of benzene rings is 3. The lowest BCUT2D eigenvalue weighted by molar-refractivity contribution is -0.118. The molecule has 1 heterocycles. The Bertz CT molecular complexity index is 1390. The molecule has 0 bridgehead atoms. The van der Waals surface area contributed by atoms with Crippen LogP contribution >= 0.6 is 23.2 Å². The molecule has 3 aromatic carbocycles. The van der Waals surface area contributed by atoms with Crippen molar-refractivity contribution >= 4 is 56.5 Å². The zero-order valence-electron chi connectivity index (χ0n) is 17.7. The summed E-state index contributed by atoms with van der Waals surface area (Å²) >= 11 is 11.8. The maximum Gasteiger partial charge on any atom is 0.339 e. The van der Waals surface area contributed by atoms with Gasteiger partial charge in [-0.15, -0.1) is 0 Å². The molecule has 11 heteroatoms. The van der Waals surface area contributed by atoms with Crippen molar-refractivity contribution in [2.45, 2.75) is 17.4 Å². The number of hydrogen-bond acceptors (Lipinski definition) is 6. The number of anilines is 2. The number of esters is 1. The number of carbonyl (C=O) groups excluding carboxylic acids is 2. The molecule has 0 saturated carbocycles. The molecule has 2 N–H and O–H groups in total. The molecular formula is C23H18Cl2N2O6S. The number of sulfonamides is 1. The van der Waals surface area contributed by atoms with E-state index in [1.54, 1.807) is 30.3 Å². The maximum absolute atomic E-state index is 12.8. The van der Waals surface area contributed by atoms with E-state index in [1.807, 2.05) is 0 Å². The first-order valence-corrected chi connectivity index (χ1v) is 12.2. The summed E-state index contributed by atoms with van der Waals surface area (Å²) in [4.78, 5) is 24.5. The van der Waals surface area contributed by atoms with Crippen molar-refractivity contribution in [1.29, 1.82) is 0 Å². The molecule has 0 unspecified atom stereocenters. The summed E-state index contributed by atoms with van der Waals surface area (Å²) < 4.78 is 38.7. The zero-order valence-corrected chi connectivity index (χ0v) is 20.0. The quantitative estimate of drug-likeness (QED) is 0.422. The summed E-state index contributed by atoms with van der Waals surface area (Å²) in [5, 5.41) is 3.00. The summed E-state index contributed by atoms with van der Waals surface area (Å²) in [5.74, 6) is -0.657. The summed E-state index contributed by atoms with van der Waals surface area (Å²) in [7, 11) is -2.65. The first-order chi connectivity index (χ1) is 16.2. The molecule has 0 aliphatic carbocycles. The van der Waals surface area contributed by atoms with Gasteiger partial charge in [-0.05, 0) is 42.5 Å². The first-order valence-electron chi connectivity index (χ1n) is 9.93. The predicted octanol–water partition coefficient (Wildman–Crippen LogP) is 5.04. The highest BCUT2D eigenvalue weighted by atomic mass is 35.5. The summed E-state index contributed by atoms with van der Waals surface area (Å²) in [6, 6.07) is 15.3. The minimum Gasteiger partial charge on any atom is -0.495 e. The van der Waals surface area contributed by atoms with Gasteiger partial charge in [0.1, 0.15) is 11.9 Å².